The average molecular weight is 276 g/mol. The lowest BCUT2D eigenvalue weighted by molar-refractivity contribution is 0.148. The number of hydrogen-bond donors (Lipinski definition) is 1. The van der Waals surface area contributed by atoms with E-state index in [1.54, 1.807) is 0 Å². The summed E-state index contributed by atoms with van der Waals surface area (Å²) >= 11 is 0. The third kappa shape index (κ3) is 3.44. The van der Waals surface area contributed by atoms with Crippen molar-refractivity contribution in [2.75, 3.05) is 31.1 Å². The SMILES string of the molecule is CC(C)(C)c1ccc(N2CCCN(C(=O)O)CC2)cc1. The summed E-state index contributed by atoms with van der Waals surface area (Å²) in [4.78, 5) is 14.8. The van der Waals surface area contributed by atoms with Crippen molar-refractivity contribution in [1.82, 2.24) is 4.90 Å². The Hall–Kier alpha value is -1.71. The lowest BCUT2D eigenvalue weighted by Gasteiger charge is -2.25. The van der Waals surface area contributed by atoms with Gasteiger partial charge in [-0.15, -0.1) is 0 Å². The number of hydrogen-bond acceptors (Lipinski definition) is 2. The summed E-state index contributed by atoms with van der Waals surface area (Å²) in [6.45, 7) is 9.51. The van der Waals surface area contributed by atoms with Crippen molar-refractivity contribution < 1.29 is 9.90 Å². The third-order valence-electron chi connectivity index (χ3n) is 3.86. The summed E-state index contributed by atoms with van der Waals surface area (Å²) in [6, 6.07) is 8.65. The maximum Gasteiger partial charge on any atom is 0.407 e. The minimum absolute atomic E-state index is 0.164. The second-order valence-corrected chi connectivity index (χ2v) is 6.41. The van der Waals surface area contributed by atoms with Crippen molar-refractivity contribution in [3.05, 3.63) is 29.8 Å². The average Bonchev–Trinajstić information content (AvgIpc) is 2.63. The van der Waals surface area contributed by atoms with Gasteiger partial charge in [-0.05, 0) is 29.5 Å². The Morgan fingerprint density at radius 2 is 1.70 bits per heavy atom. The molecule has 0 aliphatic carbocycles. The highest BCUT2D eigenvalue weighted by Gasteiger charge is 2.19. The second kappa shape index (κ2) is 5.73. The highest BCUT2D eigenvalue weighted by atomic mass is 16.4. The molecule has 110 valence electrons. The van der Waals surface area contributed by atoms with Gasteiger partial charge in [0.25, 0.3) is 0 Å². The highest BCUT2D eigenvalue weighted by Crippen LogP contribution is 2.25. The van der Waals surface area contributed by atoms with Gasteiger partial charge in [0.2, 0.25) is 0 Å². The Labute approximate surface area is 121 Å². The van der Waals surface area contributed by atoms with Crippen LogP contribution in [0.25, 0.3) is 0 Å². The molecule has 2 rings (SSSR count). The van der Waals surface area contributed by atoms with E-state index in [2.05, 4.69) is 49.9 Å². The zero-order valence-corrected chi connectivity index (χ0v) is 12.6. The molecule has 1 aromatic rings. The minimum Gasteiger partial charge on any atom is -0.465 e. The van der Waals surface area contributed by atoms with E-state index in [4.69, 9.17) is 5.11 Å². The van der Waals surface area contributed by atoms with E-state index in [0.717, 1.165) is 19.5 Å². The van der Waals surface area contributed by atoms with Crippen molar-refractivity contribution in [3.8, 4) is 0 Å². The lowest BCUT2D eigenvalue weighted by Crippen LogP contribution is -2.34. The largest absolute Gasteiger partial charge is 0.465 e. The van der Waals surface area contributed by atoms with Crippen LogP contribution in [0.15, 0.2) is 24.3 Å². The fourth-order valence-corrected chi connectivity index (χ4v) is 2.54. The van der Waals surface area contributed by atoms with Crippen molar-refractivity contribution in [2.24, 2.45) is 0 Å². The molecule has 1 saturated heterocycles. The maximum absolute atomic E-state index is 11.0. The Balaban J connectivity index is 2.06. The predicted octanol–water partition coefficient (Wildman–Crippen LogP) is 3.17. The molecule has 0 bridgehead atoms. The van der Waals surface area contributed by atoms with E-state index >= 15 is 0 Å². The van der Waals surface area contributed by atoms with Crippen LogP contribution in [0.4, 0.5) is 10.5 Å². The first-order valence-electron chi connectivity index (χ1n) is 7.21. The van der Waals surface area contributed by atoms with Crippen LogP contribution in [0.1, 0.15) is 32.8 Å². The highest BCUT2D eigenvalue weighted by molar-refractivity contribution is 5.65. The van der Waals surface area contributed by atoms with Crippen LogP contribution in [0.3, 0.4) is 0 Å². The quantitative estimate of drug-likeness (QED) is 0.856. The van der Waals surface area contributed by atoms with E-state index in [1.807, 2.05) is 0 Å². The fraction of sp³-hybridized carbons (Fsp3) is 0.562. The van der Waals surface area contributed by atoms with Gasteiger partial charge < -0.3 is 14.9 Å². The Morgan fingerprint density at radius 1 is 1.05 bits per heavy atom. The zero-order valence-electron chi connectivity index (χ0n) is 12.6. The standard InChI is InChI=1S/C16H24N2O2/c1-16(2,3)13-5-7-14(8-6-13)17-9-4-10-18(12-11-17)15(19)20/h5-8H,4,9-12H2,1-3H3,(H,19,20). The molecule has 1 amide bonds. The Bertz CT molecular complexity index is 462. The molecule has 0 spiro atoms. The number of nitrogens with zero attached hydrogens (tertiary/aromatic N) is 2. The molecule has 1 heterocycles. The van der Waals surface area contributed by atoms with Crippen LogP contribution in [0.5, 0.6) is 0 Å². The van der Waals surface area contributed by atoms with E-state index in [-0.39, 0.29) is 5.41 Å². The number of carboxylic acid groups (broad SMARTS) is 1. The lowest BCUT2D eigenvalue weighted by atomic mass is 9.87. The van der Waals surface area contributed by atoms with Gasteiger partial charge in [0.15, 0.2) is 0 Å². The van der Waals surface area contributed by atoms with Crippen LogP contribution < -0.4 is 4.90 Å². The molecule has 0 radical (unpaired) electrons. The molecule has 1 aliphatic rings. The van der Waals surface area contributed by atoms with E-state index in [0.29, 0.717) is 13.1 Å². The molecule has 0 aromatic heterocycles. The van der Waals surface area contributed by atoms with E-state index < -0.39 is 6.09 Å². The number of anilines is 1. The van der Waals surface area contributed by atoms with Crippen LogP contribution in [-0.2, 0) is 5.41 Å². The molecule has 4 nitrogen and oxygen atoms in total. The summed E-state index contributed by atoms with van der Waals surface area (Å²) < 4.78 is 0. The molecule has 1 fully saturated rings. The Kier molecular flexibility index (Phi) is 4.21. The van der Waals surface area contributed by atoms with E-state index in [9.17, 15) is 4.79 Å². The molecule has 4 heteroatoms. The first-order chi connectivity index (χ1) is 9.38. The van der Waals surface area contributed by atoms with Crippen molar-refractivity contribution in [3.63, 3.8) is 0 Å². The molecule has 0 unspecified atom stereocenters. The van der Waals surface area contributed by atoms with Crippen molar-refractivity contribution in [1.29, 1.82) is 0 Å². The van der Waals surface area contributed by atoms with Crippen LogP contribution >= 0.6 is 0 Å². The fourth-order valence-electron chi connectivity index (χ4n) is 2.54. The summed E-state index contributed by atoms with van der Waals surface area (Å²) in [7, 11) is 0. The van der Waals surface area contributed by atoms with Gasteiger partial charge in [0, 0.05) is 31.9 Å². The molecule has 1 aromatic carbocycles. The predicted molar refractivity (Wildman–Crippen MR) is 81.6 cm³/mol. The van der Waals surface area contributed by atoms with Crippen LogP contribution in [0, 0.1) is 0 Å². The summed E-state index contributed by atoms with van der Waals surface area (Å²) in [6.07, 6.45) is 0.0720. The van der Waals surface area contributed by atoms with Crippen molar-refractivity contribution >= 4 is 11.8 Å². The molecule has 20 heavy (non-hydrogen) atoms. The number of rotatable bonds is 1. The number of carbonyl (C=O) groups is 1. The van der Waals surface area contributed by atoms with Gasteiger partial charge in [-0.2, -0.15) is 0 Å². The first-order valence-corrected chi connectivity index (χ1v) is 7.21. The van der Waals surface area contributed by atoms with Crippen LogP contribution in [-0.4, -0.2) is 42.3 Å². The molecule has 1 aliphatic heterocycles. The van der Waals surface area contributed by atoms with Crippen LogP contribution in [0.2, 0.25) is 0 Å². The third-order valence-corrected chi connectivity index (χ3v) is 3.86. The maximum atomic E-state index is 11.0. The number of benzene rings is 1. The van der Waals surface area contributed by atoms with Gasteiger partial charge in [-0.1, -0.05) is 32.9 Å². The van der Waals surface area contributed by atoms with Crippen molar-refractivity contribution in [2.45, 2.75) is 32.6 Å². The summed E-state index contributed by atoms with van der Waals surface area (Å²) in [5, 5.41) is 9.05. The zero-order chi connectivity index (χ0) is 14.8. The molecule has 0 atom stereocenters. The molecular formula is C16H24N2O2. The van der Waals surface area contributed by atoms with E-state index in [1.165, 1.54) is 16.2 Å². The molecule has 1 N–H and O–H groups in total. The van der Waals surface area contributed by atoms with Gasteiger partial charge in [-0.3, -0.25) is 0 Å². The topological polar surface area (TPSA) is 43.8 Å². The number of amides is 1. The monoisotopic (exact) mass is 276 g/mol. The molecule has 0 saturated carbocycles. The normalized spacial score (nSPS) is 16.9. The first kappa shape index (κ1) is 14.7. The smallest absolute Gasteiger partial charge is 0.407 e. The molecular weight excluding hydrogens is 252 g/mol. The second-order valence-electron chi connectivity index (χ2n) is 6.41. The van der Waals surface area contributed by atoms with Gasteiger partial charge in [0.05, 0.1) is 0 Å². The van der Waals surface area contributed by atoms with Gasteiger partial charge in [-0.25, -0.2) is 4.79 Å². The summed E-state index contributed by atoms with van der Waals surface area (Å²) in [5.41, 5.74) is 2.67. The Morgan fingerprint density at radius 3 is 2.25 bits per heavy atom. The van der Waals surface area contributed by atoms with Gasteiger partial charge >= 0.3 is 6.09 Å². The van der Waals surface area contributed by atoms with Gasteiger partial charge in [0.1, 0.15) is 0 Å². The minimum atomic E-state index is -0.810. The summed E-state index contributed by atoms with van der Waals surface area (Å²) in [5.74, 6) is 0.